The molecule has 3 aliphatic rings. The first-order valence-electron chi connectivity index (χ1n) is 21.5. The maximum atomic E-state index is 16.9. The normalized spacial score (nSPS) is 36.2. The number of ketones is 1. The molecule has 3 unspecified atom stereocenters. The number of Topliss-reactive ketones (excluding diaryl/α,β-unsaturated/α-hetero) is 1. The molecule has 3 fully saturated rings. The maximum absolute atomic E-state index is 16.9. The van der Waals surface area contributed by atoms with Gasteiger partial charge in [0.1, 0.15) is 17.9 Å². The molecule has 13 atom stereocenters. The largest absolute Gasteiger partial charge is 0.455 e. The van der Waals surface area contributed by atoms with Crippen LogP contribution in [0.15, 0.2) is 30.6 Å². The van der Waals surface area contributed by atoms with Crippen LogP contribution < -0.4 is 5.32 Å². The van der Waals surface area contributed by atoms with Gasteiger partial charge in [-0.2, -0.15) is 3.89 Å². The Balaban J connectivity index is 0.00000273. The Labute approximate surface area is 369 Å². The molecule has 2 N–H and O–H groups in total. The molecule has 5 heterocycles. The van der Waals surface area contributed by atoms with Gasteiger partial charge in [0.2, 0.25) is 0 Å². The summed E-state index contributed by atoms with van der Waals surface area (Å²) in [7, 11) is 5.20. The van der Waals surface area contributed by atoms with E-state index in [1.807, 2.05) is 64.2 Å². The standard InChI is InChI=1S/C42H66FN7O9.CH3FS/c1-12-32-42(8)34(50(39(54)59-42)20-16-15-19-49-24-30(46-47-49)29-17-13-14-18-44-29)28(5)45-23-25(2)22-40(6,55-11)36(27(4)35(52)41(7,43)38(53)57-32)58-37-33(51)31(48(9)10)21-26(3)56-37;1-3-2/h13-14,17-18,24-28,31-34,36-37,45,51H,12,15-16,19-23H2,1-11H3;1H3/t25-,26-,27-,28-,31?,32-,33?,34-,36-,37+,40-,41?,42-;/m1./s1. The summed E-state index contributed by atoms with van der Waals surface area (Å²) in [6.07, 6.45) is 1.83. The molecule has 62 heavy (non-hydrogen) atoms. The lowest BCUT2D eigenvalue weighted by Gasteiger charge is -2.47. The fourth-order valence-electron chi connectivity index (χ4n) is 9.26. The van der Waals surface area contributed by atoms with E-state index >= 15 is 4.39 Å². The SMILES string of the molecule is CC[C@H]1OC(=O)C(C)(F)C(=O)[C@@H](C)[C@@H](O[C@@H]2O[C@H](C)CC(N(C)C)C2O)[C@](C)(OC)C[C@@H](C)CN[C@H](C)[C@H]2N(CCCCn3cc(-c4ccccn4)nn3)C(=O)O[C@]12C.CSF. The lowest BCUT2D eigenvalue weighted by Crippen LogP contribution is -2.61. The molecule has 0 saturated carbocycles. The second-order valence-corrected chi connectivity index (χ2v) is 18.1. The Hall–Kier alpha value is -3.33. The summed E-state index contributed by atoms with van der Waals surface area (Å²) in [4.78, 5) is 49.9. The number of alkyl halides is 1. The summed E-state index contributed by atoms with van der Waals surface area (Å²) in [6.45, 7) is 14.8. The van der Waals surface area contributed by atoms with Crippen molar-refractivity contribution in [1.82, 2.24) is 35.1 Å². The molecule has 19 heteroatoms. The Morgan fingerprint density at radius 1 is 1.08 bits per heavy atom. The van der Waals surface area contributed by atoms with Gasteiger partial charge in [-0.25, -0.2) is 14.0 Å². The average Bonchev–Trinajstić information content (AvgIpc) is 3.81. The van der Waals surface area contributed by atoms with Crippen LogP contribution in [0.1, 0.15) is 87.5 Å². The van der Waals surface area contributed by atoms with E-state index in [2.05, 4.69) is 20.6 Å². The number of aryl methyl sites for hydroxylation is 1. The van der Waals surface area contributed by atoms with Gasteiger partial charge in [0.05, 0.1) is 35.7 Å². The lowest BCUT2D eigenvalue weighted by molar-refractivity contribution is -0.295. The van der Waals surface area contributed by atoms with Crippen molar-refractivity contribution in [1.29, 1.82) is 0 Å². The number of nitrogens with one attached hydrogen (secondary N) is 1. The first kappa shape index (κ1) is 51.3. The summed E-state index contributed by atoms with van der Waals surface area (Å²) < 4.78 is 59.7. The first-order chi connectivity index (χ1) is 29.2. The highest BCUT2D eigenvalue weighted by Crippen LogP contribution is 2.41. The van der Waals surface area contributed by atoms with Crippen molar-refractivity contribution in [3.05, 3.63) is 30.6 Å². The third kappa shape index (κ3) is 11.7. The Morgan fingerprint density at radius 2 is 1.76 bits per heavy atom. The van der Waals surface area contributed by atoms with Crippen LogP contribution in [0.4, 0.5) is 13.1 Å². The van der Waals surface area contributed by atoms with Crippen molar-refractivity contribution >= 4 is 30.0 Å². The highest BCUT2D eigenvalue weighted by molar-refractivity contribution is 7.93. The molecule has 2 aromatic rings. The molecule has 16 nitrogen and oxygen atoms in total. The van der Waals surface area contributed by atoms with E-state index in [0.717, 1.165) is 12.6 Å². The van der Waals surface area contributed by atoms with Crippen LogP contribution in [0.3, 0.4) is 0 Å². The number of pyridine rings is 1. The number of rotatable bonds is 11. The minimum Gasteiger partial charge on any atom is -0.455 e. The van der Waals surface area contributed by atoms with Gasteiger partial charge in [0, 0.05) is 62.8 Å². The molecule has 2 aromatic heterocycles. The second-order valence-electron chi connectivity index (χ2n) is 17.7. The van der Waals surface area contributed by atoms with Gasteiger partial charge in [-0.05, 0) is 105 Å². The number of fused-ring (bicyclic) bond motifs is 1. The number of aromatic nitrogens is 4. The van der Waals surface area contributed by atoms with Gasteiger partial charge < -0.3 is 39.0 Å². The highest BCUT2D eigenvalue weighted by atomic mass is 32.2. The Morgan fingerprint density at radius 3 is 2.37 bits per heavy atom. The lowest BCUT2D eigenvalue weighted by atomic mass is 9.78. The number of hydrogen-bond donors (Lipinski definition) is 2. The van der Waals surface area contributed by atoms with E-state index < -0.39 is 77.3 Å². The average molecular weight is 898 g/mol. The summed E-state index contributed by atoms with van der Waals surface area (Å²) in [5, 5.41) is 23.5. The smallest absolute Gasteiger partial charge is 0.410 e. The first-order valence-corrected chi connectivity index (χ1v) is 22.6. The summed E-state index contributed by atoms with van der Waals surface area (Å²) in [5.41, 5.74) is -4.38. The predicted octanol–water partition coefficient (Wildman–Crippen LogP) is 5.42. The van der Waals surface area contributed by atoms with Crippen LogP contribution in [0.25, 0.3) is 11.4 Å². The predicted molar refractivity (Wildman–Crippen MR) is 230 cm³/mol. The van der Waals surface area contributed by atoms with Crippen LogP contribution in [0.5, 0.6) is 0 Å². The fraction of sp³-hybridized carbons (Fsp3) is 0.767. The molecule has 3 aliphatic heterocycles. The van der Waals surface area contributed by atoms with Crippen molar-refractivity contribution in [2.24, 2.45) is 11.8 Å². The number of halogens is 2. The van der Waals surface area contributed by atoms with Gasteiger partial charge in [0.25, 0.3) is 5.67 Å². The zero-order valence-corrected chi connectivity index (χ0v) is 39.2. The van der Waals surface area contributed by atoms with E-state index in [1.165, 1.54) is 20.3 Å². The number of cyclic esters (lactones) is 1. The number of carbonyl (C=O) groups is 3. The molecule has 1 amide bonds. The van der Waals surface area contributed by atoms with Gasteiger partial charge in [-0.3, -0.25) is 19.4 Å². The molecule has 3 saturated heterocycles. The van der Waals surface area contributed by atoms with Crippen molar-refractivity contribution < 1.29 is 51.5 Å². The zero-order valence-electron chi connectivity index (χ0n) is 38.4. The van der Waals surface area contributed by atoms with Crippen molar-refractivity contribution in [3.8, 4) is 11.4 Å². The number of aliphatic hydroxyl groups is 1. The van der Waals surface area contributed by atoms with Crippen molar-refractivity contribution in [3.63, 3.8) is 0 Å². The van der Waals surface area contributed by atoms with Gasteiger partial charge in [0.15, 0.2) is 17.7 Å². The Bertz CT molecular complexity index is 1760. The third-order valence-electron chi connectivity index (χ3n) is 12.6. The molecule has 0 bridgehead atoms. The topological polar surface area (TPSA) is 180 Å². The third-order valence-corrected chi connectivity index (χ3v) is 12.6. The van der Waals surface area contributed by atoms with Crippen LogP contribution in [-0.2, 0) is 39.8 Å². The zero-order chi connectivity index (χ0) is 46.2. The minimum absolute atomic E-state index is 0.112. The van der Waals surface area contributed by atoms with Crippen LogP contribution in [0, 0.1) is 11.8 Å². The van der Waals surface area contributed by atoms with E-state index in [-0.39, 0.29) is 36.6 Å². The molecular formula is C43H69F2N7O9S. The minimum atomic E-state index is -3.13. The number of nitrogens with zero attached hydrogens (tertiary/aromatic N) is 6. The monoisotopic (exact) mass is 897 g/mol. The number of carbonyl (C=O) groups excluding carboxylic acids is 3. The summed E-state index contributed by atoms with van der Waals surface area (Å²) in [6, 6.07) is 4.24. The van der Waals surface area contributed by atoms with E-state index in [9.17, 15) is 23.4 Å². The Kier molecular flexibility index (Phi) is 18.2. The number of amides is 1. The van der Waals surface area contributed by atoms with Gasteiger partial charge in [-0.1, -0.05) is 32.1 Å². The molecule has 5 rings (SSSR count). The maximum Gasteiger partial charge on any atom is 0.410 e. The molecular weight excluding hydrogens is 829 g/mol. The van der Waals surface area contributed by atoms with Crippen molar-refractivity contribution in [2.75, 3.05) is 40.6 Å². The number of hydrogen-bond acceptors (Lipinski definition) is 15. The van der Waals surface area contributed by atoms with E-state index in [4.69, 9.17) is 23.7 Å². The van der Waals surface area contributed by atoms with E-state index in [1.54, 1.807) is 36.5 Å². The van der Waals surface area contributed by atoms with Crippen LogP contribution >= 0.6 is 12.1 Å². The highest BCUT2D eigenvalue weighted by Gasteiger charge is 2.60. The molecule has 0 spiro atoms. The second kappa shape index (κ2) is 22.0. The number of ether oxygens (including phenoxy) is 5. The van der Waals surface area contributed by atoms with Crippen LogP contribution in [0.2, 0.25) is 0 Å². The van der Waals surface area contributed by atoms with E-state index in [0.29, 0.717) is 51.0 Å². The molecule has 0 aliphatic carbocycles. The van der Waals surface area contributed by atoms with Crippen LogP contribution in [-0.4, -0.2) is 159 Å². The number of aliphatic hydroxyl groups excluding tert-OH is 1. The molecule has 0 aromatic carbocycles. The van der Waals surface area contributed by atoms with Crippen molar-refractivity contribution in [2.45, 2.75) is 160 Å². The summed E-state index contributed by atoms with van der Waals surface area (Å²) in [5.74, 6) is -3.85. The summed E-state index contributed by atoms with van der Waals surface area (Å²) >= 11 is 0.250. The number of likely N-dealkylation sites (N-methyl/N-ethyl adjacent to an activating group) is 1. The molecule has 350 valence electrons. The fourth-order valence-corrected chi connectivity index (χ4v) is 9.26. The van der Waals surface area contributed by atoms with Gasteiger partial charge in [-0.15, -0.1) is 5.10 Å². The quantitative estimate of drug-likeness (QED) is 0.166. The van der Waals surface area contributed by atoms with Gasteiger partial charge >= 0.3 is 12.1 Å². The number of esters is 1. The molecule has 0 radical (unpaired) electrons. The number of unbranched alkanes of at least 4 members (excludes halogenated alkanes) is 1. The number of methoxy groups -OCH3 is 1.